The number of halogens is 1. The second-order valence-electron chi connectivity index (χ2n) is 4.07. The highest BCUT2D eigenvalue weighted by Gasteiger charge is 2.07. The molecular formula is C12H18ClNO. The van der Waals surface area contributed by atoms with Crippen molar-refractivity contribution in [3.63, 3.8) is 0 Å². The van der Waals surface area contributed by atoms with Crippen molar-refractivity contribution >= 4 is 11.6 Å². The van der Waals surface area contributed by atoms with Gasteiger partial charge in [0, 0.05) is 18.1 Å². The first-order valence-electron chi connectivity index (χ1n) is 5.23. The lowest BCUT2D eigenvalue weighted by Crippen LogP contribution is -2.30. The molecule has 0 aromatic heterocycles. The fourth-order valence-electron chi connectivity index (χ4n) is 1.20. The number of aliphatic hydroxyl groups excluding tert-OH is 1. The molecule has 1 aromatic carbocycles. The standard InChI is InChI=1S/C12H18ClNO/c1-9(2)12(15)8-14-7-10-3-5-11(13)6-4-10/h3-6,9,12,14-15H,7-8H2,1-2H3. The van der Waals surface area contributed by atoms with Crippen LogP contribution in [-0.2, 0) is 6.54 Å². The van der Waals surface area contributed by atoms with E-state index in [2.05, 4.69) is 5.32 Å². The highest BCUT2D eigenvalue weighted by Crippen LogP contribution is 2.09. The van der Waals surface area contributed by atoms with E-state index in [-0.39, 0.29) is 6.10 Å². The number of rotatable bonds is 5. The molecule has 0 radical (unpaired) electrons. The zero-order valence-corrected chi connectivity index (χ0v) is 9.96. The summed E-state index contributed by atoms with van der Waals surface area (Å²) in [6.45, 7) is 5.41. The molecule has 15 heavy (non-hydrogen) atoms. The largest absolute Gasteiger partial charge is 0.392 e. The molecule has 2 nitrogen and oxygen atoms in total. The highest BCUT2D eigenvalue weighted by atomic mass is 35.5. The fraction of sp³-hybridized carbons (Fsp3) is 0.500. The number of hydrogen-bond donors (Lipinski definition) is 2. The molecule has 0 fully saturated rings. The summed E-state index contributed by atoms with van der Waals surface area (Å²) in [5.41, 5.74) is 1.18. The van der Waals surface area contributed by atoms with Gasteiger partial charge in [-0.3, -0.25) is 0 Å². The fourth-order valence-corrected chi connectivity index (χ4v) is 1.33. The van der Waals surface area contributed by atoms with Gasteiger partial charge in [-0.2, -0.15) is 0 Å². The first kappa shape index (κ1) is 12.5. The van der Waals surface area contributed by atoms with Crippen LogP contribution < -0.4 is 5.32 Å². The van der Waals surface area contributed by atoms with Gasteiger partial charge in [0.05, 0.1) is 6.10 Å². The lowest BCUT2D eigenvalue weighted by atomic mass is 10.1. The summed E-state index contributed by atoms with van der Waals surface area (Å²) in [4.78, 5) is 0. The highest BCUT2D eigenvalue weighted by molar-refractivity contribution is 6.30. The van der Waals surface area contributed by atoms with Crippen molar-refractivity contribution in [1.82, 2.24) is 5.32 Å². The molecule has 3 heteroatoms. The molecular weight excluding hydrogens is 210 g/mol. The Balaban J connectivity index is 2.29. The average Bonchev–Trinajstić information content (AvgIpc) is 2.20. The number of aliphatic hydroxyl groups is 1. The summed E-state index contributed by atoms with van der Waals surface area (Å²) in [5.74, 6) is 0.294. The van der Waals surface area contributed by atoms with Crippen LogP contribution in [0.2, 0.25) is 5.02 Å². The molecule has 0 saturated carbocycles. The topological polar surface area (TPSA) is 32.3 Å². The Morgan fingerprint density at radius 3 is 2.40 bits per heavy atom. The van der Waals surface area contributed by atoms with Gasteiger partial charge in [0.1, 0.15) is 0 Å². The van der Waals surface area contributed by atoms with Crippen LogP contribution in [0.4, 0.5) is 0 Å². The molecule has 0 spiro atoms. The van der Waals surface area contributed by atoms with Crippen molar-refractivity contribution in [3.05, 3.63) is 34.9 Å². The van der Waals surface area contributed by atoms with E-state index in [1.54, 1.807) is 0 Å². The summed E-state index contributed by atoms with van der Waals surface area (Å²) >= 11 is 5.78. The minimum absolute atomic E-state index is 0.280. The molecule has 1 unspecified atom stereocenters. The molecule has 0 aliphatic rings. The monoisotopic (exact) mass is 227 g/mol. The minimum atomic E-state index is -0.280. The van der Waals surface area contributed by atoms with Crippen molar-refractivity contribution < 1.29 is 5.11 Å². The molecule has 0 amide bonds. The Morgan fingerprint density at radius 1 is 1.27 bits per heavy atom. The van der Waals surface area contributed by atoms with Gasteiger partial charge in [-0.1, -0.05) is 37.6 Å². The molecule has 0 saturated heterocycles. The first-order chi connectivity index (χ1) is 7.09. The molecule has 84 valence electrons. The second kappa shape index (κ2) is 6.11. The molecule has 0 aliphatic carbocycles. The Morgan fingerprint density at radius 2 is 1.87 bits per heavy atom. The maximum Gasteiger partial charge on any atom is 0.0687 e. The van der Waals surface area contributed by atoms with Crippen LogP contribution in [-0.4, -0.2) is 17.8 Å². The maximum absolute atomic E-state index is 9.56. The summed E-state index contributed by atoms with van der Waals surface area (Å²) in [7, 11) is 0. The van der Waals surface area contributed by atoms with Gasteiger partial charge in [0.15, 0.2) is 0 Å². The first-order valence-corrected chi connectivity index (χ1v) is 5.60. The second-order valence-corrected chi connectivity index (χ2v) is 4.51. The Hall–Kier alpha value is -0.570. The summed E-state index contributed by atoms with van der Waals surface area (Å²) < 4.78 is 0. The van der Waals surface area contributed by atoms with Gasteiger partial charge >= 0.3 is 0 Å². The Labute approximate surface area is 96.3 Å². The Bertz CT molecular complexity index is 284. The van der Waals surface area contributed by atoms with Gasteiger partial charge in [0.25, 0.3) is 0 Å². The van der Waals surface area contributed by atoms with E-state index in [1.165, 1.54) is 5.56 Å². The van der Waals surface area contributed by atoms with Gasteiger partial charge in [-0.05, 0) is 23.6 Å². The van der Waals surface area contributed by atoms with E-state index < -0.39 is 0 Å². The van der Waals surface area contributed by atoms with E-state index in [9.17, 15) is 5.11 Å². The van der Waals surface area contributed by atoms with E-state index in [0.29, 0.717) is 12.5 Å². The summed E-state index contributed by atoms with van der Waals surface area (Å²) in [5, 5.41) is 13.5. The average molecular weight is 228 g/mol. The van der Waals surface area contributed by atoms with Crippen molar-refractivity contribution in [3.8, 4) is 0 Å². The summed E-state index contributed by atoms with van der Waals surface area (Å²) in [6, 6.07) is 7.71. The molecule has 1 atom stereocenters. The van der Waals surface area contributed by atoms with Gasteiger partial charge in [-0.15, -0.1) is 0 Å². The third-order valence-electron chi connectivity index (χ3n) is 2.37. The smallest absolute Gasteiger partial charge is 0.0687 e. The number of hydrogen-bond acceptors (Lipinski definition) is 2. The van der Waals surface area contributed by atoms with Crippen LogP contribution in [0, 0.1) is 5.92 Å². The molecule has 1 aromatic rings. The molecule has 0 aliphatic heterocycles. The predicted molar refractivity (Wildman–Crippen MR) is 64.0 cm³/mol. The van der Waals surface area contributed by atoms with Crippen molar-refractivity contribution in [1.29, 1.82) is 0 Å². The molecule has 2 N–H and O–H groups in total. The van der Waals surface area contributed by atoms with Crippen molar-refractivity contribution in [2.45, 2.75) is 26.5 Å². The lowest BCUT2D eigenvalue weighted by Gasteiger charge is -2.15. The number of nitrogens with one attached hydrogen (secondary N) is 1. The van der Waals surface area contributed by atoms with E-state index in [4.69, 9.17) is 11.6 Å². The Kier molecular flexibility index (Phi) is 5.09. The van der Waals surface area contributed by atoms with Crippen LogP contribution in [0.3, 0.4) is 0 Å². The van der Waals surface area contributed by atoms with Crippen molar-refractivity contribution in [2.75, 3.05) is 6.54 Å². The van der Waals surface area contributed by atoms with Gasteiger partial charge < -0.3 is 10.4 Å². The number of benzene rings is 1. The zero-order chi connectivity index (χ0) is 11.3. The zero-order valence-electron chi connectivity index (χ0n) is 9.20. The molecule has 1 rings (SSSR count). The van der Waals surface area contributed by atoms with Gasteiger partial charge in [-0.25, -0.2) is 0 Å². The third kappa shape index (κ3) is 4.65. The minimum Gasteiger partial charge on any atom is -0.392 e. The third-order valence-corrected chi connectivity index (χ3v) is 2.62. The van der Waals surface area contributed by atoms with Gasteiger partial charge in [0.2, 0.25) is 0 Å². The normalized spacial score (nSPS) is 13.1. The van der Waals surface area contributed by atoms with E-state index in [1.807, 2.05) is 38.1 Å². The maximum atomic E-state index is 9.56. The van der Waals surface area contributed by atoms with Crippen LogP contribution >= 0.6 is 11.6 Å². The molecule has 0 heterocycles. The summed E-state index contributed by atoms with van der Waals surface area (Å²) in [6.07, 6.45) is -0.280. The van der Waals surface area contributed by atoms with Crippen molar-refractivity contribution in [2.24, 2.45) is 5.92 Å². The van der Waals surface area contributed by atoms with Crippen LogP contribution in [0.1, 0.15) is 19.4 Å². The van der Waals surface area contributed by atoms with Crippen LogP contribution in [0.5, 0.6) is 0 Å². The lowest BCUT2D eigenvalue weighted by molar-refractivity contribution is 0.123. The van der Waals surface area contributed by atoms with Crippen LogP contribution in [0.15, 0.2) is 24.3 Å². The molecule has 0 bridgehead atoms. The predicted octanol–water partition coefficient (Wildman–Crippen LogP) is 2.45. The SMILES string of the molecule is CC(C)C(O)CNCc1ccc(Cl)cc1. The van der Waals surface area contributed by atoms with E-state index >= 15 is 0 Å². The van der Waals surface area contributed by atoms with E-state index in [0.717, 1.165) is 11.6 Å². The van der Waals surface area contributed by atoms with Crippen LogP contribution in [0.25, 0.3) is 0 Å². The quantitative estimate of drug-likeness (QED) is 0.810.